The molecule has 0 saturated heterocycles. The number of oxime groups is 1. The second kappa shape index (κ2) is 23.0. The molecule has 0 spiro atoms. The van der Waals surface area contributed by atoms with E-state index in [4.69, 9.17) is 28.9 Å². The number of nitro benzene ring substituents is 1. The Bertz CT molecular complexity index is 2390. The number of benzene rings is 4. The quantitative estimate of drug-likeness (QED) is 0.0253. The highest BCUT2D eigenvalue weighted by molar-refractivity contribution is 7.99. The molecular formula is C53H62FN3O10S. The molecule has 0 radical (unpaired) electrons. The molecule has 1 aliphatic heterocycles. The van der Waals surface area contributed by atoms with E-state index in [1.807, 2.05) is 51.1 Å². The fourth-order valence-electron chi connectivity index (χ4n) is 9.65. The number of nitro groups is 1. The Morgan fingerprint density at radius 3 is 2.37 bits per heavy atom. The van der Waals surface area contributed by atoms with Gasteiger partial charge in [-0.3, -0.25) is 15.0 Å². The fraction of sp³-hybridized carbons (Fsp3) is 0.434. The van der Waals surface area contributed by atoms with Gasteiger partial charge in [0.2, 0.25) is 5.79 Å². The Balaban J connectivity index is 1.41. The number of nitrogens with zero attached hydrogens (tertiary/aromatic N) is 3. The van der Waals surface area contributed by atoms with Crippen molar-refractivity contribution >= 4 is 29.3 Å². The number of carbonyl (C=O) groups excluding carboxylic acids is 1. The fourth-order valence-corrected chi connectivity index (χ4v) is 10.4. The average molecular weight is 952 g/mol. The van der Waals surface area contributed by atoms with Crippen molar-refractivity contribution in [3.05, 3.63) is 148 Å². The van der Waals surface area contributed by atoms with Crippen molar-refractivity contribution in [1.29, 1.82) is 0 Å². The van der Waals surface area contributed by atoms with Gasteiger partial charge in [0.1, 0.15) is 34.7 Å². The highest BCUT2D eigenvalue weighted by Gasteiger charge is 2.66. The molecule has 7 rings (SSSR count). The molecule has 4 aromatic rings. The van der Waals surface area contributed by atoms with E-state index >= 15 is 4.79 Å². The van der Waals surface area contributed by atoms with Gasteiger partial charge in [0.05, 0.1) is 29.8 Å². The third-order valence-corrected chi connectivity index (χ3v) is 13.5. The van der Waals surface area contributed by atoms with Crippen LogP contribution >= 0.6 is 11.8 Å². The number of amides is 1. The average Bonchev–Trinajstić information content (AvgIpc) is 3.32. The number of aliphatic hydroxyl groups excluding tert-OH is 2. The molecule has 0 aromatic heterocycles. The van der Waals surface area contributed by atoms with Gasteiger partial charge in [-0.15, -0.1) is 18.3 Å². The molecule has 0 unspecified atom stereocenters. The minimum absolute atomic E-state index is 0.00482. The monoisotopic (exact) mass is 951 g/mol. The molecule has 1 fully saturated rings. The van der Waals surface area contributed by atoms with Gasteiger partial charge in [0, 0.05) is 60.4 Å². The lowest BCUT2D eigenvalue weighted by Crippen LogP contribution is -2.70. The molecule has 1 saturated carbocycles. The first kappa shape index (κ1) is 50.1. The Hall–Kier alpha value is -5.74. The topological polar surface area (TPSA) is 162 Å². The van der Waals surface area contributed by atoms with Gasteiger partial charge in [-0.05, 0) is 124 Å². The second-order valence-corrected chi connectivity index (χ2v) is 19.5. The molecule has 362 valence electrons. The van der Waals surface area contributed by atoms with Crippen molar-refractivity contribution in [3.8, 4) is 17.2 Å². The van der Waals surface area contributed by atoms with Gasteiger partial charge >= 0.3 is 6.09 Å². The highest BCUT2D eigenvalue weighted by atomic mass is 32.2. The maximum atomic E-state index is 15.0. The van der Waals surface area contributed by atoms with Crippen LogP contribution in [0.5, 0.6) is 17.2 Å². The zero-order valence-corrected chi connectivity index (χ0v) is 39.8. The summed E-state index contributed by atoms with van der Waals surface area (Å²) in [5.74, 6) is -1.01. The number of hydrogen-bond donors (Lipinski definition) is 2. The number of allylic oxidation sites excluding steroid dienone is 1. The number of thioether (sulfide) groups is 1. The van der Waals surface area contributed by atoms with E-state index in [1.54, 1.807) is 30.0 Å². The van der Waals surface area contributed by atoms with Crippen LogP contribution in [0, 0.1) is 33.7 Å². The van der Waals surface area contributed by atoms with Crippen LogP contribution in [-0.4, -0.2) is 81.5 Å². The molecule has 13 nitrogen and oxygen atoms in total. The van der Waals surface area contributed by atoms with E-state index in [1.165, 1.54) is 41.3 Å². The number of carbonyl (C=O) groups is 1. The van der Waals surface area contributed by atoms with Crippen LogP contribution in [0.25, 0.3) is 0 Å². The maximum absolute atomic E-state index is 15.0. The zero-order valence-electron chi connectivity index (χ0n) is 39.0. The van der Waals surface area contributed by atoms with Crippen LogP contribution in [0.2, 0.25) is 0 Å². The Morgan fingerprint density at radius 1 is 0.985 bits per heavy atom. The van der Waals surface area contributed by atoms with Gasteiger partial charge in [0.15, 0.2) is 0 Å². The van der Waals surface area contributed by atoms with Crippen molar-refractivity contribution in [2.75, 3.05) is 32.2 Å². The van der Waals surface area contributed by atoms with Crippen LogP contribution in [-0.2, 0) is 16.1 Å². The molecular weight excluding hydrogens is 890 g/mol. The summed E-state index contributed by atoms with van der Waals surface area (Å²) >= 11 is 1.71. The molecule has 4 aromatic carbocycles. The number of aliphatic hydroxyl groups is 2. The summed E-state index contributed by atoms with van der Waals surface area (Å²) in [7, 11) is 0. The summed E-state index contributed by atoms with van der Waals surface area (Å²) in [6, 6.07) is 26.1. The first-order valence-corrected chi connectivity index (χ1v) is 24.4. The van der Waals surface area contributed by atoms with Crippen molar-refractivity contribution in [3.63, 3.8) is 0 Å². The summed E-state index contributed by atoms with van der Waals surface area (Å²) in [6.45, 7) is 10.3. The zero-order chi connectivity index (χ0) is 48.3. The summed E-state index contributed by atoms with van der Waals surface area (Å²) in [5, 5.41) is 36.4. The van der Waals surface area contributed by atoms with Crippen molar-refractivity contribution < 1.29 is 48.1 Å². The van der Waals surface area contributed by atoms with Crippen molar-refractivity contribution in [2.24, 2.45) is 22.9 Å². The van der Waals surface area contributed by atoms with Crippen LogP contribution in [0.4, 0.5) is 14.9 Å². The first-order chi connectivity index (χ1) is 32.8. The van der Waals surface area contributed by atoms with Crippen LogP contribution < -0.4 is 14.2 Å². The molecule has 1 amide bonds. The molecule has 15 heteroatoms. The summed E-state index contributed by atoms with van der Waals surface area (Å²) in [5.41, 5.74) is 2.07. The molecule has 0 bridgehead atoms. The number of unbranched alkanes of at least 4 members (excludes halogenated alkanes) is 2. The first-order valence-electron chi connectivity index (χ1n) is 23.4. The van der Waals surface area contributed by atoms with Crippen LogP contribution in [0.3, 0.4) is 0 Å². The second-order valence-electron chi connectivity index (χ2n) is 18.4. The van der Waals surface area contributed by atoms with E-state index in [2.05, 4.69) is 30.9 Å². The third kappa shape index (κ3) is 12.1. The Kier molecular flexibility index (Phi) is 17.0. The van der Waals surface area contributed by atoms with Crippen LogP contribution in [0.15, 0.2) is 131 Å². The molecule has 2 N–H and O–H groups in total. The van der Waals surface area contributed by atoms with E-state index in [0.717, 1.165) is 47.5 Å². The Morgan fingerprint density at radius 2 is 1.69 bits per heavy atom. The van der Waals surface area contributed by atoms with E-state index in [9.17, 15) is 24.7 Å². The van der Waals surface area contributed by atoms with E-state index < -0.39 is 40.2 Å². The summed E-state index contributed by atoms with van der Waals surface area (Å²) < 4.78 is 41.4. The minimum atomic E-state index is -1.62. The molecule has 2 aliphatic carbocycles. The highest BCUT2D eigenvalue weighted by Crippen LogP contribution is 2.62. The minimum Gasteiger partial charge on any atom is -0.493 e. The predicted octanol–water partition coefficient (Wildman–Crippen LogP) is 11.0. The SMILES string of the molecule is C=CCO[C@@]12Oc3ccc(OCCSc4ccccc4)cc3[C@H]3[C@H](CCCCO)[C@@H](CCCCO)C=C(C(=NOC(C)(C)C)C[C@@H]1N(Cc1ccc(F)cc1)C(=O)Oc1ccc([N+](=O)[O-])cc1)[C@H]32. The maximum Gasteiger partial charge on any atom is 0.416 e. The van der Waals surface area contributed by atoms with E-state index in [0.29, 0.717) is 42.2 Å². The molecule has 6 atom stereocenters. The van der Waals surface area contributed by atoms with Gasteiger partial charge < -0.3 is 34.0 Å². The van der Waals surface area contributed by atoms with Crippen molar-refractivity contribution in [2.45, 2.75) is 101 Å². The number of fused-ring (bicyclic) bond motifs is 2. The van der Waals surface area contributed by atoms with Gasteiger partial charge in [0.25, 0.3) is 5.69 Å². The number of hydrogen-bond acceptors (Lipinski definition) is 12. The van der Waals surface area contributed by atoms with E-state index in [-0.39, 0.29) is 62.0 Å². The lowest BCUT2D eigenvalue weighted by atomic mass is 9.55. The predicted molar refractivity (Wildman–Crippen MR) is 260 cm³/mol. The number of halogens is 1. The van der Waals surface area contributed by atoms with Gasteiger partial charge in [-0.1, -0.05) is 60.5 Å². The summed E-state index contributed by atoms with van der Waals surface area (Å²) in [6.07, 6.45) is 7.44. The van der Waals surface area contributed by atoms with Gasteiger partial charge in [-0.25, -0.2) is 9.18 Å². The number of rotatable bonds is 22. The Labute approximate surface area is 402 Å². The largest absolute Gasteiger partial charge is 0.493 e. The number of non-ortho nitro benzene ring substituents is 1. The standard InChI is InChI=1S/C53H62FN3O10S/c1-5-29-64-53-48(56(35-36-17-19-38(54)20-18-36)51(60)65-40-23-21-39(22-24-40)57(61)62)34-46(55-67-52(2,3)4)44-32-37(13-9-11-27-58)43(16-10-12-28-59)49(50(44)53)45-33-41(25-26-47(45)66-53)63-30-31-68-42-14-7-6-8-15-42/h5-8,14-15,17-26,32-33,37,43,48-50,58-59H,1,9-13,16,27-31,34-35H2,2-4H3/t37-,43+,48-,49+,50+,53+/m0/s1. The third-order valence-electron chi connectivity index (χ3n) is 12.6. The lowest BCUT2D eigenvalue weighted by Gasteiger charge is -2.60. The van der Waals surface area contributed by atoms with Gasteiger partial charge in [-0.2, -0.15) is 0 Å². The molecule has 68 heavy (non-hydrogen) atoms. The molecule has 1 heterocycles. The lowest BCUT2D eigenvalue weighted by molar-refractivity contribution is -0.384. The van der Waals surface area contributed by atoms with Crippen LogP contribution in [0.1, 0.15) is 82.8 Å². The number of ether oxygens (including phenoxy) is 4. The normalized spacial score (nSPS) is 22.2. The van der Waals surface area contributed by atoms with Crippen molar-refractivity contribution in [1.82, 2.24) is 4.90 Å². The molecule has 3 aliphatic rings. The summed E-state index contributed by atoms with van der Waals surface area (Å²) in [4.78, 5) is 34.9. The smallest absolute Gasteiger partial charge is 0.416 e.